The molecular formula is C35H34F2N2O3. The first kappa shape index (κ1) is 29.0. The Bertz CT molecular complexity index is 1490. The third kappa shape index (κ3) is 6.68. The summed E-state index contributed by atoms with van der Waals surface area (Å²) in [5.41, 5.74) is 4.35. The van der Waals surface area contributed by atoms with Crippen molar-refractivity contribution in [2.45, 2.75) is 44.7 Å². The van der Waals surface area contributed by atoms with Crippen LogP contribution in [0.3, 0.4) is 0 Å². The molecule has 1 N–H and O–H groups in total. The van der Waals surface area contributed by atoms with Crippen molar-refractivity contribution in [2.24, 2.45) is 5.92 Å². The summed E-state index contributed by atoms with van der Waals surface area (Å²) in [7, 11) is 0. The van der Waals surface area contributed by atoms with Crippen LogP contribution >= 0.6 is 0 Å². The second-order valence-electron chi connectivity index (χ2n) is 10.9. The molecule has 4 aromatic carbocycles. The Kier molecular flexibility index (Phi) is 8.96. The van der Waals surface area contributed by atoms with Gasteiger partial charge in [-0.15, -0.1) is 0 Å². The Morgan fingerprint density at radius 1 is 0.857 bits per heavy atom. The molecule has 1 aliphatic heterocycles. The van der Waals surface area contributed by atoms with Gasteiger partial charge in [-0.05, 0) is 78.8 Å². The van der Waals surface area contributed by atoms with E-state index in [0.717, 1.165) is 22.3 Å². The van der Waals surface area contributed by atoms with E-state index in [1.807, 2.05) is 68.4 Å². The number of anilines is 1. The van der Waals surface area contributed by atoms with Gasteiger partial charge in [-0.25, -0.2) is 18.5 Å². The average molecular weight is 569 g/mol. The second-order valence-corrected chi connectivity index (χ2v) is 10.9. The highest BCUT2D eigenvalue weighted by Gasteiger charge is 2.44. The fourth-order valence-corrected chi connectivity index (χ4v) is 5.50. The zero-order valence-electron chi connectivity index (χ0n) is 23.7. The lowest BCUT2D eigenvalue weighted by molar-refractivity contribution is -0.134. The number of halogens is 2. The summed E-state index contributed by atoms with van der Waals surface area (Å²) in [6, 6.07) is 28.6. The normalized spacial score (nSPS) is 16.9. The summed E-state index contributed by atoms with van der Waals surface area (Å²) >= 11 is 0. The van der Waals surface area contributed by atoms with Crippen molar-refractivity contribution < 1.29 is 23.1 Å². The molecule has 1 fully saturated rings. The molecule has 0 bridgehead atoms. The largest absolute Gasteiger partial charge is 0.446 e. The summed E-state index contributed by atoms with van der Waals surface area (Å²) in [6.45, 7) is 4.11. The van der Waals surface area contributed by atoms with Crippen molar-refractivity contribution in [3.8, 4) is 0 Å². The van der Waals surface area contributed by atoms with E-state index in [1.54, 1.807) is 24.3 Å². The summed E-state index contributed by atoms with van der Waals surface area (Å²) in [5, 5.41) is 3.47. The molecule has 0 aliphatic carbocycles. The lowest BCUT2D eigenvalue weighted by Crippen LogP contribution is -2.42. The van der Waals surface area contributed by atoms with Gasteiger partial charge in [-0.1, -0.05) is 79.2 Å². The molecule has 5 rings (SSSR count). The highest BCUT2D eigenvalue weighted by atomic mass is 19.1. The fraction of sp³-hybridized carbons (Fsp3) is 0.257. The molecule has 216 valence electrons. The monoisotopic (exact) mass is 568 g/mol. The number of hydrogen-bond donors (Lipinski definition) is 1. The van der Waals surface area contributed by atoms with E-state index >= 15 is 0 Å². The minimum atomic E-state index is -0.683. The number of ether oxygens (including phenoxy) is 1. The van der Waals surface area contributed by atoms with Gasteiger partial charge in [0.2, 0.25) is 5.91 Å². The summed E-state index contributed by atoms with van der Waals surface area (Å²) in [5.74, 6) is -1.67. The molecule has 4 atom stereocenters. The molecular weight excluding hydrogens is 534 g/mol. The molecule has 1 saturated heterocycles. The summed E-state index contributed by atoms with van der Waals surface area (Å²) in [4.78, 5) is 28.9. The first-order valence-corrected chi connectivity index (χ1v) is 14.2. The van der Waals surface area contributed by atoms with Crippen LogP contribution in [0, 0.1) is 24.5 Å². The van der Waals surface area contributed by atoms with Gasteiger partial charge in [0.15, 0.2) is 0 Å². The van der Waals surface area contributed by atoms with Crippen LogP contribution in [0.5, 0.6) is 0 Å². The van der Waals surface area contributed by atoms with Gasteiger partial charge in [0.1, 0.15) is 24.3 Å². The zero-order chi connectivity index (χ0) is 29.6. The van der Waals surface area contributed by atoms with E-state index in [1.165, 1.54) is 29.2 Å². The standard InChI is InChI=1S/C35H34F2N2O3/c1-23-8-11-27(12-9-23)33(38-30-19-17-29(37)18-20-30)31(21-10-24(2)25-13-15-28(36)16-14-25)34(40)39-32(22-42-35(39)41)26-6-4-3-5-7-26/h3-9,11-20,24,31-33,38H,10,21-22H2,1-2H3/t24-,31+,32+,33+/m0/s1. The highest BCUT2D eigenvalue weighted by Crippen LogP contribution is 2.38. The Morgan fingerprint density at radius 2 is 1.45 bits per heavy atom. The number of carbonyl (C=O) groups is 2. The number of aryl methyl sites for hydroxylation is 1. The number of benzene rings is 4. The van der Waals surface area contributed by atoms with E-state index in [-0.39, 0.29) is 30.1 Å². The van der Waals surface area contributed by atoms with Crippen LogP contribution in [0.2, 0.25) is 0 Å². The Morgan fingerprint density at radius 3 is 2.10 bits per heavy atom. The zero-order valence-corrected chi connectivity index (χ0v) is 23.7. The molecule has 42 heavy (non-hydrogen) atoms. The maximum Gasteiger partial charge on any atom is 0.417 e. The van der Waals surface area contributed by atoms with Crippen LogP contribution in [0.4, 0.5) is 19.3 Å². The van der Waals surface area contributed by atoms with Crippen molar-refractivity contribution in [2.75, 3.05) is 11.9 Å². The molecule has 1 aliphatic rings. The fourth-order valence-electron chi connectivity index (χ4n) is 5.50. The number of carbonyl (C=O) groups excluding carboxylic acids is 2. The van der Waals surface area contributed by atoms with Crippen molar-refractivity contribution in [3.05, 3.63) is 137 Å². The highest BCUT2D eigenvalue weighted by molar-refractivity contribution is 5.95. The summed E-state index contributed by atoms with van der Waals surface area (Å²) < 4.78 is 32.8. The number of amides is 2. The third-order valence-electron chi connectivity index (χ3n) is 7.97. The van der Waals surface area contributed by atoms with Crippen LogP contribution < -0.4 is 5.32 Å². The van der Waals surface area contributed by atoms with Crippen LogP contribution in [0.15, 0.2) is 103 Å². The molecule has 0 aromatic heterocycles. The molecule has 4 aromatic rings. The van der Waals surface area contributed by atoms with Crippen LogP contribution in [-0.2, 0) is 9.53 Å². The topological polar surface area (TPSA) is 58.6 Å². The second kappa shape index (κ2) is 13.0. The first-order chi connectivity index (χ1) is 20.3. The number of rotatable bonds is 10. The van der Waals surface area contributed by atoms with Crippen LogP contribution in [0.1, 0.15) is 60.0 Å². The van der Waals surface area contributed by atoms with Gasteiger partial charge in [-0.2, -0.15) is 0 Å². The van der Waals surface area contributed by atoms with Crippen molar-refractivity contribution in [1.82, 2.24) is 4.90 Å². The lowest BCUT2D eigenvalue weighted by Gasteiger charge is -2.33. The smallest absolute Gasteiger partial charge is 0.417 e. The van der Waals surface area contributed by atoms with Crippen molar-refractivity contribution in [1.29, 1.82) is 0 Å². The number of imide groups is 1. The van der Waals surface area contributed by atoms with E-state index in [2.05, 4.69) is 5.32 Å². The molecule has 1 heterocycles. The van der Waals surface area contributed by atoms with Gasteiger partial charge >= 0.3 is 6.09 Å². The van der Waals surface area contributed by atoms with E-state index in [0.29, 0.717) is 18.5 Å². The molecule has 0 spiro atoms. The molecule has 2 amide bonds. The average Bonchev–Trinajstić information content (AvgIpc) is 3.40. The number of nitrogens with zero attached hydrogens (tertiary/aromatic N) is 1. The Labute approximate surface area is 245 Å². The van der Waals surface area contributed by atoms with Crippen LogP contribution in [0.25, 0.3) is 0 Å². The van der Waals surface area contributed by atoms with E-state index < -0.39 is 24.1 Å². The SMILES string of the molecule is Cc1ccc([C@@H](Nc2ccc(F)cc2)[C@@H](CC[C@H](C)c2ccc(F)cc2)C(=O)N2C(=O)OC[C@@H]2c2ccccc2)cc1. The van der Waals surface area contributed by atoms with Gasteiger partial charge in [0, 0.05) is 5.69 Å². The lowest BCUT2D eigenvalue weighted by atomic mass is 9.83. The number of cyclic esters (lactones) is 1. The minimum Gasteiger partial charge on any atom is -0.446 e. The van der Waals surface area contributed by atoms with Gasteiger partial charge in [-0.3, -0.25) is 4.79 Å². The maximum absolute atomic E-state index is 14.5. The number of nitrogens with one attached hydrogen (secondary N) is 1. The minimum absolute atomic E-state index is 0.0286. The van der Waals surface area contributed by atoms with Crippen molar-refractivity contribution in [3.63, 3.8) is 0 Å². The first-order valence-electron chi connectivity index (χ1n) is 14.2. The van der Waals surface area contributed by atoms with Gasteiger partial charge < -0.3 is 10.1 Å². The van der Waals surface area contributed by atoms with Gasteiger partial charge in [0.05, 0.1) is 12.0 Å². The molecule has 7 heteroatoms. The third-order valence-corrected chi connectivity index (χ3v) is 7.97. The van der Waals surface area contributed by atoms with E-state index in [9.17, 15) is 18.4 Å². The predicted octanol–water partition coefficient (Wildman–Crippen LogP) is 8.35. The van der Waals surface area contributed by atoms with Gasteiger partial charge in [0.25, 0.3) is 0 Å². The summed E-state index contributed by atoms with van der Waals surface area (Å²) in [6.07, 6.45) is 0.360. The molecule has 0 radical (unpaired) electrons. The predicted molar refractivity (Wildman–Crippen MR) is 159 cm³/mol. The molecule has 0 unspecified atom stereocenters. The van der Waals surface area contributed by atoms with Crippen LogP contribution in [-0.4, -0.2) is 23.5 Å². The Hall–Kier alpha value is -4.52. The maximum atomic E-state index is 14.5. The molecule has 0 saturated carbocycles. The quantitative estimate of drug-likeness (QED) is 0.209. The number of hydrogen-bond acceptors (Lipinski definition) is 4. The van der Waals surface area contributed by atoms with E-state index in [4.69, 9.17) is 4.74 Å². The Balaban J connectivity index is 1.53. The molecule has 5 nitrogen and oxygen atoms in total. The van der Waals surface area contributed by atoms with Crippen molar-refractivity contribution >= 4 is 17.7 Å².